The minimum Gasteiger partial charge on any atom is -0.460 e. The molecule has 0 aliphatic heterocycles. The van der Waals surface area contributed by atoms with Crippen molar-refractivity contribution in [1.29, 1.82) is 0 Å². The first kappa shape index (κ1) is 28.9. The van der Waals surface area contributed by atoms with Gasteiger partial charge in [0.05, 0.1) is 28.5 Å². The molecule has 208 valence electrons. The quantitative estimate of drug-likeness (QED) is 0.164. The Bertz CT molecular complexity index is 1480. The Morgan fingerprint density at radius 3 is 2.30 bits per heavy atom. The van der Waals surface area contributed by atoms with E-state index >= 15 is 0 Å². The molecule has 4 rings (SSSR count). The second kappa shape index (κ2) is 12.4. The summed E-state index contributed by atoms with van der Waals surface area (Å²) in [5.41, 5.74) is 4.48. The Morgan fingerprint density at radius 2 is 1.62 bits per heavy atom. The van der Waals surface area contributed by atoms with Gasteiger partial charge in [0.1, 0.15) is 11.4 Å². The fourth-order valence-corrected chi connectivity index (χ4v) is 4.53. The van der Waals surface area contributed by atoms with Crippen molar-refractivity contribution in [3.63, 3.8) is 0 Å². The van der Waals surface area contributed by atoms with Crippen molar-refractivity contribution in [1.82, 2.24) is 14.9 Å². The number of unbranched alkanes of at least 4 members (excludes halogenated alkanes) is 1. The molecular formula is C33H36FN3O3. The van der Waals surface area contributed by atoms with Crippen LogP contribution in [0.5, 0.6) is 0 Å². The second-order valence-corrected chi connectivity index (χ2v) is 11.0. The van der Waals surface area contributed by atoms with Gasteiger partial charge < -0.3 is 9.64 Å². The highest BCUT2D eigenvalue weighted by Crippen LogP contribution is 2.27. The van der Waals surface area contributed by atoms with Crippen LogP contribution < -0.4 is 0 Å². The molecule has 7 heteroatoms. The topological polar surface area (TPSA) is 72.4 Å². The summed E-state index contributed by atoms with van der Waals surface area (Å²) in [4.78, 5) is 37.0. The molecule has 6 nitrogen and oxygen atoms in total. The van der Waals surface area contributed by atoms with Gasteiger partial charge in [-0.15, -0.1) is 0 Å². The average Bonchev–Trinajstić information content (AvgIpc) is 2.93. The number of hydrogen-bond donors (Lipinski definition) is 0. The van der Waals surface area contributed by atoms with E-state index in [0.29, 0.717) is 48.0 Å². The molecule has 0 saturated heterocycles. The zero-order valence-corrected chi connectivity index (χ0v) is 23.8. The lowest BCUT2D eigenvalue weighted by molar-refractivity contribution is -0.154. The molecule has 3 aromatic carbocycles. The standard InChI is InChI=1S/C33H36FN3O3/c1-22(23-11-7-6-8-12-23)37(5)32(39)25-17-20-27-29(21-25)35-28(13-9-10-14-30(38)40-33(2,3)4)31(36-27)24-15-18-26(34)19-16-24/h6-8,11-12,15-22H,9-10,13-14H2,1-5H3. The van der Waals surface area contributed by atoms with Crippen molar-refractivity contribution < 1.29 is 18.7 Å². The summed E-state index contributed by atoms with van der Waals surface area (Å²) in [6.45, 7) is 7.55. The van der Waals surface area contributed by atoms with E-state index in [-0.39, 0.29) is 23.7 Å². The molecule has 0 aliphatic carbocycles. The lowest BCUT2D eigenvalue weighted by Crippen LogP contribution is -2.29. The first-order chi connectivity index (χ1) is 19.0. The summed E-state index contributed by atoms with van der Waals surface area (Å²) in [5, 5.41) is 0. The van der Waals surface area contributed by atoms with Crippen LogP contribution in [0.15, 0.2) is 72.8 Å². The third-order valence-electron chi connectivity index (χ3n) is 6.75. The van der Waals surface area contributed by atoms with E-state index in [1.54, 1.807) is 42.3 Å². The lowest BCUT2D eigenvalue weighted by Gasteiger charge is -2.25. The summed E-state index contributed by atoms with van der Waals surface area (Å²) in [5.74, 6) is -0.664. The van der Waals surface area contributed by atoms with Crippen LogP contribution in [0.4, 0.5) is 4.39 Å². The SMILES string of the molecule is CC(c1ccccc1)N(C)C(=O)c1ccc2nc(-c3ccc(F)cc3)c(CCCCC(=O)OC(C)(C)C)nc2c1. The van der Waals surface area contributed by atoms with Crippen LogP contribution in [-0.4, -0.2) is 39.4 Å². The highest BCUT2D eigenvalue weighted by atomic mass is 19.1. The zero-order valence-electron chi connectivity index (χ0n) is 23.8. The van der Waals surface area contributed by atoms with Crippen molar-refractivity contribution in [3.8, 4) is 11.3 Å². The van der Waals surface area contributed by atoms with Gasteiger partial charge in [-0.1, -0.05) is 30.3 Å². The van der Waals surface area contributed by atoms with Gasteiger partial charge >= 0.3 is 5.97 Å². The number of rotatable bonds is 9. The van der Waals surface area contributed by atoms with Gasteiger partial charge in [-0.05, 0) is 95.0 Å². The van der Waals surface area contributed by atoms with Crippen LogP contribution in [0.25, 0.3) is 22.3 Å². The van der Waals surface area contributed by atoms with Gasteiger partial charge in [0.2, 0.25) is 0 Å². The summed E-state index contributed by atoms with van der Waals surface area (Å²) in [6.07, 6.45) is 2.22. The van der Waals surface area contributed by atoms with Crippen LogP contribution in [0, 0.1) is 5.82 Å². The molecule has 1 atom stereocenters. The molecule has 1 amide bonds. The predicted octanol–water partition coefficient (Wildman–Crippen LogP) is 7.32. The number of amides is 1. The maximum Gasteiger partial charge on any atom is 0.306 e. The van der Waals surface area contributed by atoms with Gasteiger partial charge in [-0.2, -0.15) is 0 Å². The number of aryl methyl sites for hydroxylation is 1. The van der Waals surface area contributed by atoms with Gasteiger partial charge in [0.25, 0.3) is 5.91 Å². The molecule has 0 fully saturated rings. The van der Waals surface area contributed by atoms with Gasteiger partial charge in [-0.25, -0.2) is 14.4 Å². The molecule has 1 unspecified atom stereocenters. The number of halogens is 1. The number of benzene rings is 3. The minimum absolute atomic E-state index is 0.100. The number of nitrogens with zero attached hydrogens (tertiary/aromatic N) is 3. The lowest BCUT2D eigenvalue weighted by atomic mass is 10.0. The smallest absolute Gasteiger partial charge is 0.306 e. The van der Waals surface area contributed by atoms with Crippen LogP contribution in [-0.2, 0) is 16.0 Å². The summed E-state index contributed by atoms with van der Waals surface area (Å²) in [7, 11) is 1.80. The van der Waals surface area contributed by atoms with Gasteiger partial charge in [0.15, 0.2) is 0 Å². The first-order valence-electron chi connectivity index (χ1n) is 13.6. The Hall–Kier alpha value is -4.13. The Labute approximate surface area is 235 Å². The third-order valence-corrected chi connectivity index (χ3v) is 6.75. The molecule has 0 bridgehead atoms. The van der Waals surface area contributed by atoms with Crippen molar-refractivity contribution in [2.45, 2.75) is 65.0 Å². The van der Waals surface area contributed by atoms with Crippen molar-refractivity contribution >= 4 is 22.9 Å². The summed E-state index contributed by atoms with van der Waals surface area (Å²) >= 11 is 0. The maximum atomic E-state index is 13.6. The van der Waals surface area contributed by atoms with E-state index in [2.05, 4.69) is 0 Å². The van der Waals surface area contributed by atoms with Crippen LogP contribution in [0.2, 0.25) is 0 Å². The Kier molecular flexibility index (Phi) is 8.93. The largest absolute Gasteiger partial charge is 0.460 e. The molecule has 1 heterocycles. The van der Waals surface area contributed by atoms with Crippen molar-refractivity contribution in [2.75, 3.05) is 7.05 Å². The number of carbonyl (C=O) groups excluding carboxylic acids is 2. The number of fused-ring (bicyclic) bond motifs is 1. The second-order valence-electron chi connectivity index (χ2n) is 11.0. The van der Waals surface area contributed by atoms with Crippen LogP contribution in [0.3, 0.4) is 0 Å². The Balaban J connectivity index is 1.59. The predicted molar refractivity (Wildman–Crippen MR) is 155 cm³/mol. The third kappa shape index (κ3) is 7.29. The molecule has 0 radical (unpaired) electrons. The highest BCUT2D eigenvalue weighted by molar-refractivity contribution is 5.97. The van der Waals surface area contributed by atoms with Gasteiger partial charge in [-0.3, -0.25) is 9.59 Å². The van der Waals surface area contributed by atoms with Crippen LogP contribution >= 0.6 is 0 Å². The van der Waals surface area contributed by atoms with Crippen molar-refractivity contribution in [3.05, 3.63) is 95.4 Å². The number of aromatic nitrogens is 2. The van der Waals surface area contributed by atoms with E-state index in [4.69, 9.17) is 14.7 Å². The maximum absolute atomic E-state index is 13.6. The molecule has 1 aromatic heterocycles. The van der Waals surface area contributed by atoms with Crippen molar-refractivity contribution in [2.24, 2.45) is 0 Å². The van der Waals surface area contributed by atoms with E-state index in [1.807, 2.05) is 58.0 Å². The average molecular weight is 542 g/mol. The number of hydrogen-bond acceptors (Lipinski definition) is 5. The molecular weight excluding hydrogens is 505 g/mol. The first-order valence-corrected chi connectivity index (χ1v) is 13.6. The van der Waals surface area contributed by atoms with E-state index in [1.165, 1.54) is 12.1 Å². The summed E-state index contributed by atoms with van der Waals surface area (Å²) in [6, 6.07) is 21.3. The summed E-state index contributed by atoms with van der Waals surface area (Å²) < 4.78 is 19.0. The van der Waals surface area contributed by atoms with E-state index in [9.17, 15) is 14.0 Å². The number of carbonyl (C=O) groups is 2. The molecule has 4 aromatic rings. The highest BCUT2D eigenvalue weighted by Gasteiger charge is 2.21. The fourth-order valence-electron chi connectivity index (χ4n) is 4.53. The Morgan fingerprint density at radius 1 is 0.925 bits per heavy atom. The molecule has 0 N–H and O–H groups in total. The fraction of sp³-hybridized carbons (Fsp3) is 0.333. The number of esters is 1. The zero-order chi connectivity index (χ0) is 28.9. The van der Waals surface area contributed by atoms with E-state index in [0.717, 1.165) is 16.8 Å². The monoisotopic (exact) mass is 541 g/mol. The molecule has 0 saturated carbocycles. The molecule has 0 spiro atoms. The molecule has 40 heavy (non-hydrogen) atoms. The number of ether oxygens (including phenoxy) is 1. The van der Waals surface area contributed by atoms with E-state index < -0.39 is 5.60 Å². The molecule has 0 aliphatic rings. The van der Waals surface area contributed by atoms with Gasteiger partial charge in [0, 0.05) is 24.6 Å². The minimum atomic E-state index is -0.515. The van der Waals surface area contributed by atoms with Crippen LogP contribution in [0.1, 0.15) is 74.6 Å². The normalized spacial score (nSPS) is 12.2.